The van der Waals surface area contributed by atoms with Gasteiger partial charge in [0.15, 0.2) is 0 Å². The van der Waals surface area contributed by atoms with Crippen molar-refractivity contribution in [2.75, 3.05) is 19.8 Å². The van der Waals surface area contributed by atoms with Crippen molar-refractivity contribution in [2.45, 2.75) is 5.41 Å². The number of hydrogen-bond acceptors (Lipinski definition) is 5. The summed E-state index contributed by atoms with van der Waals surface area (Å²) in [4.78, 5) is 8.68. The van der Waals surface area contributed by atoms with E-state index in [0.29, 0.717) is 19.8 Å². The van der Waals surface area contributed by atoms with Crippen LogP contribution in [0.2, 0.25) is 0 Å². The van der Waals surface area contributed by atoms with Gasteiger partial charge in [0.2, 0.25) is 0 Å². The Balaban J connectivity index is 1.93. The monoisotopic (exact) mass is 247 g/mol. The summed E-state index contributed by atoms with van der Waals surface area (Å²) in [6.07, 6.45) is 3.55. The number of hydrogen-bond donors (Lipinski definition) is 1. The third kappa shape index (κ3) is 1.76. The Morgan fingerprint density at radius 2 is 2.12 bits per heavy atom. The van der Waals surface area contributed by atoms with E-state index in [0.717, 1.165) is 16.3 Å². The molecule has 0 spiro atoms. The van der Waals surface area contributed by atoms with E-state index in [9.17, 15) is 0 Å². The van der Waals surface area contributed by atoms with Gasteiger partial charge in [-0.1, -0.05) is 0 Å². The van der Waals surface area contributed by atoms with E-state index < -0.39 is 0 Å². The van der Waals surface area contributed by atoms with Crippen LogP contribution in [0.25, 0.3) is 11.3 Å². The number of thiazole rings is 1. The van der Waals surface area contributed by atoms with Crippen LogP contribution in [0.15, 0.2) is 29.9 Å². The molecule has 0 saturated carbocycles. The molecule has 3 heterocycles. The van der Waals surface area contributed by atoms with E-state index in [-0.39, 0.29) is 5.41 Å². The SMILES string of the molecule is NCC1(c2nc(-c3ccncc3)cs2)COC1. The third-order valence-electron chi connectivity index (χ3n) is 3.08. The Hall–Kier alpha value is -1.30. The summed E-state index contributed by atoms with van der Waals surface area (Å²) in [7, 11) is 0. The van der Waals surface area contributed by atoms with Crippen LogP contribution in [0.1, 0.15) is 5.01 Å². The first-order chi connectivity index (χ1) is 8.34. The predicted molar refractivity (Wildman–Crippen MR) is 66.9 cm³/mol. The highest BCUT2D eigenvalue weighted by molar-refractivity contribution is 7.10. The molecule has 2 N–H and O–H groups in total. The molecule has 88 valence electrons. The first-order valence-electron chi connectivity index (χ1n) is 5.48. The van der Waals surface area contributed by atoms with Crippen molar-refractivity contribution in [3.8, 4) is 11.3 Å². The molecule has 2 aromatic heterocycles. The molecule has 1 saturated heterocycles. The zero-order chi connectivity index (χ0) is 11.7. The molecule has 0 aliphatic carbocycles. The fraction of sp³-hybridized carbons (Fsp3) is 0.333. The molecule has 4 nitrogen and oxygen atoms in total. The first kappa shape index (κ1) is 10.8. The highest BCUT2D eigenvalue weighted by Gasteiger charge is 2.41. The molecule has 3 rings (SSSR count). The van der Waals surface area contributed by atoms with Crippen molar-refractivity contribution in [3.05, 3.63) is 34.9 Å². The minimum absolute atomic E-state index is 0.0457. The maximum absolute atomic E-state index is 5.83. The lowest BCUT2D eigenvalue weighted by molar-refractivity contribution is -0.0550. The Morgan fingerprint density at radius 1 is 1.35 bits per heavy atom. The van der Waals surface area contributed by atoms with Crippen molar-refractivity contribution < 1.29 is 4.74 Å². The summed E-state index contributed by atoms with van der Waals surface area (Å²) >= 11 is 1.66. The van der Waals surface area contributed by atoms with Crippen molar-refractivity contribution in [1.29, 1.82) is 0 Å². The smallest absolute Gasteiger partial charge is 0.105 e. The molecule has 5 heteroatoms. The van der Waals surface area contributed by atoms with Gasteiger partial charge in [-0.25, -0.2) is 4.98 Å². The number of rotatable bonds is 3. The van der Waals surface area contributed by atoms with Crippen LogP contribution < -0.4 is 5.73 Å². The molecule has 1 aliphatic rings. The van der Waals surface area contributed by atoms with Crippen molar-refractivity contribution >= 4 is 11.3 Å². The van der Waals surface area contributed by atoms with Crippen molar-refractivity contribution in [2.24, 2.45) is 5.73 Å². The van der Waals surface area contributed by atoms with E-state index in [1.165, 1.54) is 0 Å². The zero-order valence-electron chi connectivity index (χ0n) is 9.30. The zero-order valence-corrected chi connectivity index (χ0v) is 10.1. The summed E-state index contributed by atoms with van der Waals surface area (Å²) < 4.78 is 5.28. The molecule has 0 bridgehead atoms. The van der Waals surface area contributed by atoms with Gasteiger partial charge in [0, 0.05) is 29.9 Å². The Morgan fingerprint density at radius 3 is 2.71 bits per heavy atom. The molecule has 0 radical (unpaired) electrons. The summed E-state index contributed by atoms with van der Waals surface area (Å²) in [6.45, 7) is 1.97. The fourth-order valence-electron chi connectivity index (χ4n) is 1.85. The van der Waals surface area contributed by atoms with E-state index in [1.807, 2.05) is 12.1 Å². The average molecular weight is 247 g/mol. The molecule has 0 unspecified atom stereocenters. The Labute approximate surface area is 103 Å². The summed E-state index contributed by atoms with van der Waals surface area (Å²) in [5, 5.41) is 3.15. The molecule has 1 fully saturated rings. The summed E-state index contributed by atoms with van der Waals surface area (Å²) in [6, 6.07) is 3.93. The normalized spacial score (nSPS) is 17.7. The molecule has 0 atom stereocenters. The summed E-state index contributed by atoms with van der Waals surface area (Å²) in [5.74, 6) is 0. The molecule has 1 aliphatic heterocycles. The molecule has 0 aromatic carbocycles. The van der Waals surface area contributed by atoms with Crippen LogP contribution in [0.3, 0.4) is 0 Å². The quantitative estimate of drug-likeness (QED) is 0.891. The van der Waals surface area contributed by atoms with Gasteiger partial charge in [-0.2, -0.15) is 0 Å². The topological polar surface area (TPSA) is 61.0 Å². The maximum Gasteiger partial charge on any atom is 0.105 e. The second kappa shape index (κ2) is 4.18. The number of ether oxygens (including phenoxy) is 1. The van der Waals surface area contributed by atoms with Crippen LogP contribution in [0.5, 0.6) is 0 Å². The van der Waals surface area contributed by atoms with Crippen LogP contribution in [-0.2, 0) is 10.2 Å². The second-order valence-electron chi connectivity index (χ2n) is 4.25. The molecule has 17 heavy (non-hydrogen) atoms. The lowest BCUT2D eigenvalue weighted by atomic mass is 9.87. The van der Waals surface area contributed by atoms with Gasteiger partial charge in [0.05, 0.1) is 24.3 Å². The van der Waals surface area contributed by atoms with Crippen LogP contribution >= 0.6 is 11.3 Å². The Bertz CT molecular complexity index is 502. The highest BCUT2D eigenvalue weighted by Crippen LogP contribution is 2.35. The van der Waals surface area contributed by atoms with Crippen LogP contribution in [0, 0.1) is 0 Å². The highest BCUT2D eigenvalue weighted by atomic mass is 32.1. The minimum Gasteiger partial charge on any atom is -0.379 e. The minimum atomic E-state index is -0.0457. The van der Waals surface area contributed by atoms with Gasteiger partial charge in [-0.05, 0) is 12.1 Å². The van der Waals surface area contributed by atoms with E-state index in [1.54, 1.807) is 23.7 Å². The molecular formula is C12H13N3OS. The number of nitrogens with zero attached hydrogens (tertiary/aromatic N) is 2. The average Bonchev–Trinajstić information content (AvgIpc) is 2.80. The fourth-order valence-corrected chi connectivity index (χ4v) is 2.86. The number of aromatic nitrogens is 2. The van der Waals surface area contributed by atoms with E-state index >= 15 is 0 Å². The van der Waals surface area contributed by atoms with Gasteiger partial charge in [0.1, 0.15) is 5.01 Å². The van der Waals surface area contributed by atoms with E-state index in [4.69, 9.17) is 10.5 Å². The number of pyridine rings is 1. The molecule has 2 aromatic rings. The van der Waals surface area contributed by atoms with Crippen LogP contribution in [0.4, 0.5) is 0 Å². The molecular weight excluding hydrogens is 234 g/mol. The van der Waals surface area contributed by atoms with Gasteiger partial charge in [-0.3, -0.25) is 4.98 Å². The maximum atomic E-state index is 5.83. The third-order valence-corrected chi connectivity index (χ3v) is 4.17. The lowest BCUT2D eigenvalue weighted by Gasteiger charge is -2.38. The summed E-state index contributed by atoms with van der Waals surface area (Å²) in [5.41, 5.74) is 7.86. The van der Waals surface area contributed by atoms with Gasteiger partial charge >= 0.3 is 0 Å². The van der Waals surface area contributed by atoms with E-state index in [2.05, 4.69) is 15.3 Å². The van der Waals surface area contributed by atoms with Gasteiger partial charge in [-0.15, -0.1) is 11.3 Å². The lowest BCUT2D eigenvalue weighted by Crippen LogP contribution is -2.52. The Kier molecular flexibility index (Phi) is 2.66. The van der Waals surface area contributed by atoms with Crippen molar-refractivity contribution in [3.63, 3.8) is 0 Å². The number of nitrogens with two attached hydrogens (primary N) is 1. The van der Waals surface area contributed by atoms with Gasteiger partial charge < -0.3 is 10.5 Å². The first-order valence-corrected chi connectivity index (χ1v) is 6.36. The molecule has 0 amide bonds. The van der Waals surface area contributed by atoms with Crippen LogP contribution in [-0.4, -0.2) is 29.7 Å². The van der Waals surface area contributed by atoms with Gasteiger partial charge in [0.25, 0.3) is 0 Å². The standard InChI is InChI=1S/C12H13N3OS/c13-6-12(7-16-8-12)11-15-10(5-17-11)9-1-3-14-4-2-9/h1-5H,6-8,13H2. The predicted octanol–water partition coefficient (Wildman–Crippen LogP) is 1.43. The van der Waals surface area contributed by atoms with Crippen molar-refractivity contribution in [1.82, 2.24) is 9.97 Å². The second-order valence-corrected chi connectivity index (χ2v) is 5.11. The largest absolute Gasteiger partial charge is 0.379 e.